The molecule has 1 aliphatic rings. The van der Waals surface area contributed by atoms with Crippen molar-refractivity contribution in [3.63, 3.8) is 0 Å². The zero-order valence-electron chi connectivity index (χ0n) is 15.6. The van der Waals surface area contributed by atoms with Crippen LogP contribution in [0.25, 0.3) is 0 Å². The van der Waals surface area contributed by atoms with Crippen LogP contribution in [0.5, 0.6) is 0 Å². The third-order valence-electron chi connectivity index (χ3n) is 3.90. The molecule has 136 valence electrons. The number of esters is 1. The number of methoxy groups -OCH3 is 1. The van der Waals surface area contributed by atoms with Gasteiger partial charge in [0.05, 0.1) is 17.7 Å². The molecule has 1 atom stereocenters. The normalized spacial score (nSPS) is 18.2. The third kappa shape index (κ3) is 5.23. The van der Waals surface area contributed by atoms with Gasteiger partial charge in [-0.1, -0.05) is 11.8 Å². The molecule has 1 saturated heterocycles. The molecule has 6 heteroatoms. The van der Waals surface area contributed by atoms with Crippen LogP contribution in [0.1, 0.15) is 54.6 Å². The van der Waals surface area contributed by atoms with Crippen LogP contribution in [0.4, 0.5) is 5.69 Å². The summed E-state index contributed by atoms with van der Waals surface area (Å²) in [5.74, 6) is 5.94. The second-order valence-corrected chi connectivity index (χ2v) is 8.35. The number of thiophene rings is 1. The van der Waals surface area contributed by atoms with Crippen molar-refractivity contribution in [2.75, 3.05) is 26.0 Å². The van der Waals surface area contributed by atoms with Crippen LogP contribution in [-0.2, 0) is 9.53 Å². The molecule has 0 bridgehead atoms. The molecule has 25 heavy (non-hydrogen) atoms. The first kappa shape index (κ1) is 19.3. The van der Waals surface area contributed by atoms with E-state index >= 15 is 0 Å². The molecular weight excluding hydrogens is 336 g/mol. The predicted octanol–water partition coefficient (Wildman–Crippen LogP) is 3.36. The van der Waals surface area contributed by atoms with E-state index < -0.39 is 5.97 Å². The highest BCUT2D eigenvalue weighted by molar-refractivity contribution is 7.15. The van der Waals surface area contributed by atoms with Crippen LogP contribution >= 0.6 is 11.3 Å². The number of rotatable bonds is 3. The molecule has 2 rings (SSSR count). The molecule has 0 radical (unpaired) electrons. The minimum Gasteiger partial charge on any atom is -0.465 e. The molecule has 0 aliphatic carbocycles. The summed E-state index contributed by atoms with van der Waals surface area (Å²) in [6.45, 7) is 6.88. The predicted molar refractivity (Wildman–Crippen MR) is 101 cm³/mol. The van der Waals surface area contributed by atoms with Gasteiger partial charge in [-0.05, 0) is 46.1 Å². The summed E-state index contributed by atoms with van der Waals surface area (Å²) < 4.78 is 4.89. The monoisotopic (exact) mass is 362 g/mol. The maximum atomic E-state index is 12.5. The van der Waals surface area contributed by atoms with E-state index in [2.05, 4.69) is 17.2 Å². The third-order valence-corrected chi connectivity index (χ3v) is 4.93. The van der Waals surface area contributed by atoms with E-state index in [1.54, 1.807) is 4.90 Å². The van der Waals surface area contributed by atoms with Gasteiger partial charge in [0.2, 0.25) is 5.91 Å². The maximum Gasteiger partial charge on any atom is 0.350 e. The van der Waals surface area contributed by atoms with E-state index in [4.69, 9.17) is 4.74 Å². The molecule has 1 N–H and O–H groups in total. The van der Waals surface area contributed by atoms with Crippen molar-refractivity contribution in [1.82, 2.24) is 4.90 Å². The fourth-order valence-corrected chi connectivity index (χ4v) is 3.47. The number of nitrogens with one attached hydrogen (secondary N) is 1. The van der Waals surface area contributed by atoms with Crippen molar-refractivity contribution in [2.45, 2.75) is 46.1 Å². The molecule has 2 heterocycles. The summed E-state index contributed by atoms with van der Waals surface area (Å²) in [6.07, 6.45) is 2.72. The van der Waals surface area contributed by atoms with Crippen molar-refractivity contribution >= 4 is 28.9 Å². The van der Waals surface area contributed by atoms with Gasteiger partial charge < -0.3 is 15.0 Å². The lowest BCUT2D eigenvalue weighted by Gasteiger charge is -2.21. The Hall–Kier alpha value is -2.00. The van der Waals surface area contributed by atoms with Gasteiger partial charge in [0, 0.05) is 19.0 Å². The van der Waals surface area contributed by atoms with Gasteiger partial charge in [-0.25, -0.2) is 4.79 Å². The van der Waals surface area contributed by atoms with Gasteiger partial charge in [-0.2, -0.15) is 0 Å². The van der Waals surface area contributed by atoms with Crippen LogP contribution in [0.2, 0.25) is 0 Å². The first-order chi connectivity index (χ1) is 11.7. The zero-order chi connectivity index (χ0) is 18.6. The first-order valence-electron chi connectivity index (χ1n) is 8.48. The fourth-order valence-electron chi connectivity index (χ4n) is 2.57. The van der Waals surface area contributed by atoms with E-state index in [0.29, 0.717) is 10.6 Å². The summed E-state index contributed by atoms with van der Waals surface area (Å²) in [7, 11) is 3.17. The summed E-state index contributed by atoms with van der Waals surface area (Å²) in [5.41, 5.74) is 0.506. The summed E-state index contributed by atoms with van der Waals surface area (Å²) in [5, 5.41) is 3.25. The van der Waals surface area contributed by atoms with Crippen LogP contribution in [0.3, 0.4) is 0 Å². The molecule has 1 aromatic rings. The number of amides is 1. The molecule has 0 spiro atoms. The van der Waals surface area contributed by atoms with E-state index in [1.165, 1.54) is 18.4 Å². The number of nitrogens with zero attached hydrogens (tertiary/aromatic N) is 1. The molecule has 1 fully saturated rings. The van der Waals surface area contributed by atoms with Gasteiger partial charge in [0.25, 0.3) is 0 Å². The SMILES string of the molecule is COC(=O)c1sc(C#CC(C)(C)C)cc1N[C@H]1CCCCN(C)C1=O. The lowest BCUT2D eigenvalue weighted by molar-refractivity contribution is -0.130. The fraction of sp³-hybridized carbons (Fsp3) is 0.579. The Labute approximate surface area is 153 Å². The Bertz CT molecular complexity index is 706. The second kappa shape index (κ2) is 7.92. The largest absolute Gasteiger partial charge is 0.465 e. The summed E-state index contributed by atoms with van der Waals surface area (Å²) in [6, 6.07) is 1.52. The molecule has 1 aliphatic heterocycles. The number of ether oxygens (including phenoxy) is 1. The quantitative estimate of drug-likeness (QED) is 0.662. The van der Waals surface area contributed by atoms with Gasteiger partial charge in [0.1, 0.15) is 10.9 Å². The maximum absolute atomic E-state index is 12.5. The highest BCUT2D eigenvalue weighted by Crippen LogP contribution is 2.30. The number of hydrogen-bond acceptors (Lipinski definition) is 5. The highest BCUT2D eigenvalue weighted by atomic mass is 32.1. The van der Waals surface area contributed by atoms with E-state index in [0.717, 1.165) is 30.7 Å². The van der Waals surface area contributed by atoms with Crippen molar-refractivity contribution in [1.29, 1.82) is 0 Å². The number of carbonyl (C=O) groups excluding carboxylic acids is 2. The topological polar surface area (TPSA) is 58.6 Å². The van der Waals surface area contributed by atoms with E-state index in [9.17, 15) is 9.59 Å². The molecule has 0 saturated carbocycles. The Morgan fingerprint density at radius 1 is 1.40 bits per heavy atom. The van der Waals surface area contributed by atoms with Crippen LogP contribution in [0, 0.1) is 17.3 Å². The number of hydrogen-bond donors (Lipinski definition) is 1. The second-order valence-electron chi connectivity index (χ2n) is 7.30. The van der Waals surface area contributed by atoms with Crippen molar-refractivity contribution < 1.29 is 14.3 Å². The Morgan fingerprint density at radius 2 is 2.12 bits per heavy atom. The van der Waals surface area contributed by atoms with Crippen molar-refractivity contribution in [3.8, 4) is 11.8 Å². The molecular formula is C19H26N2O3S. The standard InChI is InChI=1S/C19H26N2O3S/c1-19(2,3)10-9-13-12-15(16(25-13)18(23)24-5)20-14-8-6-7-11-21(4)17(14)22/h12,14,20H,6-8,11H2,1-5H3/t14-/m0/s1. The lowest BCUT2D eigenvalue weighted by atomic mass is 9.98. The molecule has 1 aromatic heterocycles. The van der Waals surface area contributed by atoms with Gasteiger partial charge in [0.15, 0.2) is 0 Å². The van der Waals surface area contributed by atoms with Gasteiger partial charge in [-0.15, -0.1) is 11.3 Å². The first-order valence-corrected chi connectivity index (χ1v) is 9.30. The average Bonchev–Trinajstić information content (AvgIpc) is 2.89. The summed E-state index contributed by atoms with van der Waals surface area (Å²) >= 11 is 1.29. The van der Waals surface area contributed by atoms with E-state index in [1.807, 2.05) is 33.9 Å². The van der Waals surface area contributed by atoms with Gasteiger partial charge in [-0.3, -0.25) is 4.79 Å². The molecule has 1 amide bonds. The van der Waals surface area contributed by atoms with Crippen LogP contribution in [0.15, 0.2) is 6.07 Å². The zero-order valence-corrected chi connectivity index (χ0v) is 16.4. The van der Waals surface area contributed by atoms with E-state index in [-0.39, 0.29) is 17.4 Å². The summed E-state index contributed by atoms with van der Waals surface area (Å²) in [4.78, 5) is 27.6. The van der Waals surface area contributed by atoms with Crippen LogP contribution in [-0.4, -0.2) is 43.5 Å². The minimum atomic E-state index is -0.411. The highest BCUT2D eigenvalue weighted by Gasteiger charge is 2.27. The average molecular weight is 362 g/mol. The van der Waals surface area contributed by atoms with Crippen LogP contribution < -0.4 is 5.32 Å². The Balaban J connectivity index is 2.31. The molecule has 0 aromatic carbocycles. The van der Waals surface area contributed by atoms with Crippen molar-refractivity contribution in [2.24, 2.45) is 5.41 Å². The Morgan fingerprint density at radius 3 is 2.76 bits per heavy atom. The number of anilines is 1. The smallest absolute Gasteiger partial charge is 0.350 e. The molecule has 0 unspecified atom stereocenters. The minimum absolute atomic E-state index is 0.0573. The number of likely N-dealkylation sites (N-methyl/N-ethyl adjacent to an activating group) is 1. The number of likely N-dealkylation sites (tertiary alicyclic amines) is 1. The van der Waals surface area contributed by atoms with Gasteiger partial charge >= 0.3 is 5.97 Å². The Kier molecular flexibility index (Phi) is 6.12. The molecule has 5 nitrogen and oxygen atoms in total. The van der Waals surface area contributed by atoms with Crippen molar-refractivity contribution in [3.05, 3.63) is 15.8 Å². The number of carbonyl (C=O) groups is 2. The lowest BCUT2D eigenvalue weighted by Crippen LogP contribution is -2.39.